The molecule has 25 heavy (non-hydrogen) atoms. The first-order valence-electron chi connectivity index (χ1n) is 8.26. The molecule has 0 bridgehead atoms. The van der Waals surface area contributed by atoms with E-state index in [4.69, 9.17) is 9.84 Å². The smallest absolute Gasteiger partial charge is 0.328 e. The summed E-state index contributed by atoms with van der Waals surface area (Å²) in [7, 11) is 0. The summed E-state index contributed by atoms with van der Waals surface area (Å²) in [6.07, 6.45) is 4.48. The van der Waals surface area contributed by atoms with Gasteiger partial charge in [0.2, 0.25) is 11.8 Å². The van der Waals surface area contributed by atoms with Crippen LogP contribution >= 0.6 is 0 Å². The topological polar surface area (TPSA) is 87.2 Å². The molecule has 1 atom stereocenters. The third-order valence-electron chi connectivity index (χ3n) is 4.39. The van der Waals surface area contributed by atoms with Crippen LogP contribution in [0.2, 0.25) is 0 Å². The summed E-state index contributed by atoms with van der Waals surface area (Å²) >= 11 is 0. The van der Waals surface area contributed by atoms with Crippen LogP contribution in [0.3, 0.4) is 0 Å². The zero-order valence-corrected chi connectivity index (χ0v) is 13.8. The minimum absolute atomic E-state index is 0.00741. The minimum atomic E-state index is -1.07. The molecule has 2 aliphatic heterocycles. The maximum absolute atomic E-state index is 12.3. The van der Waals surface area contributed by atoms with Gasteiger partial charge in [0.05, 0.1) is 13.2 Å². The van der Waals surface area contributed by atoms with Gasteiger partial charge in [-0.05, 0) is 30.2 Å². The van der Waals surface area contributed by atoms with Crippen LogP contribution in [0.25, 0.3) is 6.08 Å². The third kappa shape index (κ3) is 3.88. The number of carboxylic acids is 1. The number of morpholine rings is 1. The van der Waals surface area contributed by atoms with Gasteiger partial charge in [0.25, 0.3) is 0 Å². The number of hydrogen-bond donors (Lipinski definition) is 1. The average Bonchev–Trinajstić information content (AvgIpc) is 3.06. The summed E-state index contributed by atoms with van der Waals surface area (Å²) < 4.78 is 5.13. The van der Waals surface area contributed by atoms with Gasteiger partial charge in [-0.2, -0.15) is 0 Å². The molecular weight excluding hydrogens is 324 g/mol. The zero-order chi connectivity index (χ0) is 17.8. The van der Waals surface area contributed by atoms with Crippen LogP contribution in [0.5, 0.6) is 0 Å². The van der Waals surface area contributed by atoms with Crippen LogP contribution in [0, 0.1) is 0 Å². The lowest BCUT2D eigenvalue weighted by atomic mass is 10.1. The number of carboxylic acid groups (broad SMARTS) is 1. The van der Waals surface area contributed by atoms with E-state index >= 15 is 0 Å². The maximum atomic E-state index is 12.3. The predicted octanol–water partition coefficient (Wildman–Crippen LogP) is 1.14. The fourth-order valence-corrected chi connectivity index (χ4v) is 3.02. The molecule has 132 valence electrons. The van der Waals surface area contributed by atoms with Crippen molar-refractivity contribution in [2.24, 2.45) is 0 Å². The molecule has 2 amide bonds. The highest BCUT2D eigenvalue weighted by Crippen LogP contribution is 2.22. The van der Waals surface area contributed by atoms with Gasteiger partial charge in [-0.25, -0.2) is 4.79 Å². The van der Waals surface area contributed by atoms with E-state index in [1.165, 1.54) is 11.0 Å². The fraction of sp³-hybridized carbons (Fsp3) is 0.389. The lowest BCUT2D eigenvalue weighted by Crippen LogP contribution is -2.52. The number of carbonyl (C=O) groups is 3. The van der Waals surface area contributed by atoms with Gasteiger partial charge in [0.1, 0.15) is 0 Å². The molecule has 2 saturated heterocycles. The standard InChI is InChI=1S/C18H20N2O5/c21-16-2-1-9-19(16)14-6-3-13(4-7-14)5-8-17(22)20-10-11-25-12-15(20)18(23)24/h3-8,15H,1-2,9-12H2,(H,23,24). The molecule has 0 aromatic heterocycles. The molecule has 3 rings (SSSR count). The molecule has 7 heteroatoms. The average molecular weight is 344 g/mol. The quantitative estimate of drug-likeness (QED) is 0.828. The summed E-state index contributed by atoms with van der Waals surface area (Å²) in [5, 5.41) is 9.17. The van der Waals surface area contributed by atoms with Gasteiger partial charge < -0.3 is 19.6 Å². The Kier molecular flexibility index (Phi) is 5.14. The van der Waals surface area contributed by atoms with Gasteiger partial charge in [-0.3, -0.25) is 9.59 Å². The van der Waals surface area contributed by atoms with Crippen molar-refractivity contribution in [3.05, 3.63) is 35.9 Å². The van der Waals surface area contributed by atoms with Crippen molar-refractivity contribution < 1.29 is 24.2 Å². The fourth-order valence-electron chi connectivity index (χ4n) is 3.02. The monoisotopic (exact) mass is 344 g/mol. The first-order valence-corrected chi connectivity index (χ1v) is 8.26. The summed E-state index contributed by atoms with van der Waals surface area (Å²) in [6.45, 7) is 1.34. The molecule has 2 fully saturated rings. The van der Waals surface area contributed by atoms with E-state index in [1.54, 1.807) is 11.0 Å². The Morgan fingerprint density at radius 1 is 1.20 bits per heavy atom. The van der Waals surface area contributed by atoms with Crippen LogP contribution in [0.15, 0.2) is 30.3 Å². The Bertz CT molecular complexity index is 698. The van der Waals surface area contributed by atoms with E-state index < -0.39 is 12.0 Å². The minimum Gasteiger partial charge on any atom is -0.480 e. The molecule has 0 radical (unpaired) electrons. The Morgan fingerprint density at radius 3 is 2.60 bits per heavy atom. The first-order chi connectivity index (χ1) is 12.1. The number of anilines is 1. The first kappa shape index (κ1) is 17.2. The molecule has 2 aliphatic rings. The predicted molar refractivity (Wildman–Crippen MR) is 91.0 cm³/mol. The van der Waals surface area contributed by atoms with Gasteiger partial charge in [0.15, 0.2) is 6.04 Å². The van der Waals surface area contributed by atoms with Gasteiger partial charge in [-0.1, -0.05) is 12.1 Å². The number of aliphatic carboxylic acids is 1. The van der Waals surface area contributed by atoms with Crippen LogP contribution in [0.4, 0.5) is 5.69 Å². The second-order valence-corrected chi connectivity index (χ2v) is 6.03. The lowest BCUT2D eigenvalue weighted by molar-refractivity contribution is -0.156. The third-order valence-corrected chi connectivity index (χ3v) is 4.39. The highest BCUT2D eigenvalue weighted by Gasteiger charge is 2.31. The molecule has 0 spiro atoms. The number of hydrogen-bond acceptors (Lipinski definition) is 4. The van der Waals surface area contributed by atoms with Crippen molar-refractivity contribution in [3.8, 4) is 0 Å². The number of benzene rings is 1. The van der Waals surface area contributed by atoms with Gasteiger partial charge in [-0.15, -0.1) is 0 Å². The van der Waals surface area contributed by atoms with Gasteiger partial charge in [0, 0.05) is 31.3 Å². The molecule has 0 aliphatic carbocycles. The second-order valence-electron chi connectivity index (χ2n) is 6.03. The lowest BCUT2D eigenvalue weighted by Gasteiger charge is -2.32. The van der Waals surface area contributed by atoms with E-state index in [1.807, 2.05) is 24.3 Å². The summed E-state index contributed by atoms with van der Waals surface area (Å²) in [6, 6.07) is 6.41. The zero-order valence-electron chi connectivity index (χ0n) is 13.8. The highest BCUT2D eigenvalue weighted by atomic mass is 16.5. The van der Waals surface area contributed by atoms with Crippen molar-refractivity contribution in [3.63, 3.8) is 0 Å². The van der Waals surface area contributed by atoms with Crippen LogP contribution < -0.4 is 4.90 Å². The number of ether oxygens (including phenoxy) is 1. The molecule has 1 aromatic rings. The summed E-state index contributed by atoms with van der Waals surface area (Å²) in [5.74, 6) is -1.29. The number of rotatable bonds is 4. The van der Waals surface area contributed by atoms with Crippen molar-refractivity contribution >= 4 is 29.5 Å². The highest BCUT2D eigenvalue weighted by molar-refractivity contribution is 5.96. The van der Waals surface area contributed by atoms with E-state index in [2.05, 4.69) is 0 Å². The largest absolute Gasteiger partial charge is 0.480 e. The van der Waals surface area contributed by atoms with Crippen LogP contribution in [0.1, 0.15) is 18.4 Å². The molecule has 1 aromatic carbocycles. The molecule has 7 nitrogen and oxygen atoms in total. The van der Waals surface area contributed by atoms with Gasteiger partial charge >= 0.3 is 5.97 Å². The summed E-state index contributed by atoms with van der Waals surface area (Å²) in [5.41, 5.74) is 1.66. The normalized spacial score (nSPS) is 21.1. The number of carbonyl (C=O) groups excluding carboxylic acids is 2. The molecule has 1 N–H and O–H groups in total. The maximum Gasteiger partial charge on any atom is 0.328 e. The van der Waals surface area contributed by atoms with Crippen molar-refractivity contribution in [2.75, 3.05) is 31.2 Å². The van der Waals surface area contributed by atoms with Crippen molar-refractivity contribution in [1.29, 1.82) is 0 Å². The SMILES string of the molecule is O=C(O)C1COCCN1C(=O)C=Cc1ccc(N2CCCC2=O)cc1. The van der Waals surface area contributed by atoms with E-state index in [9.17, 15) is 14.4 Å². The van der Waals surface area contributed by atoms with E-state index in [-0.39, 0.29) is 25.0 Å². The summed E-state index contributed by atoms with van der Waals surface area (Å²) in [4.78, 5) is 38.3. The van der Waals surface area contributed by atoms with Crippen molar-refractivity contribution in [1.82, 2.24) is 4.90 Å². The van der Waals surface area contributed by atoms with Crippen LogP contribution in [-0.4, -0.2) is 60.1 Å². The van der Waals surface area contributed by atoms with Crippen molar-refractivity contribution in [2.45, 2.75) is 18.9 Å². The second kappa shape index (κ2) is 7.48. The molecular formula is C18H20N2O5. The Hall–Kier alpha value is -2.67. The molecule has 1 unspecified atom stereocenters. The Balaban J connectivity index is 1.65. The van der Waals surface area contributed by atoms with E-state index in [0.29, 0.717) is 13.0 Å². The Labute approximate surface area is 145 Å². The van der Waals surface area contributed by atoms with E-state index in [0.717, 1.165) is 24.2 Å². The number of nitrogens with zero attached hydrogens (tertiary/aromatic N) is 2. The Morgan fingerprint density at radius 2 is 1.96 bits per heavy atom. The molecule has 0 saturated carbocycles. The van der Waals surface area contributed by atoms with Crippen LogP contribution in [-0.2, 0) is 19.1 Å². The molecule has 2 heterocycles. The number of amides is 2.